The Balaban J connectivity index is 2.14. The molecule has 0 radical (unpaired) electrons. The summed E-state index contributed by atoms with van der Waals surface area (Å²) in [5.74, 6) is -0.944. The van der Waals surface area contributed by atoms with Crippen LogP contribution in [0.3, 0.4) is 0 Å². The van der Waals surface area contributed by atoms with Gasteiger partial charge in [-0.15, -0.1) is 0 Å². The molecule has 1 N–H and O–H groups in total. The molecule has 2 rings (SSSR count). The van der Waals surface area contributed by atoms with Crippen LogP contribution in [0, 0.1) is 11.3 Å². The number of hydrogen-bond acceptors (Lipinski definition) is 9. The van der Waals surface area contributed by atoms with E-state index in [1.165, 1.54) is 19.2 Å². The van der Waals surface area contributed by atoms with E-state index in [-0.39, 0.29) is 39.0 Å². The molecule has 2 aromatic rings. The topological polar surface area (TPSA) is 142 Å². The zero-order chi connectivity index (χ0) is 25.6. The Morgan fingerprint density at radius 3 is 2.68 bits per heavy atom. The van der Waals surface area contributed by atoms with Gasteiger partial charge in [0.15, 0.2) is 14.6 Å². The van der Waals surface area contributed by atoms with Gasteiger partial charge in [0, 0.05) is 21.2 Å². The predicted molar refractivity (Wildman–Crippen MR) is 124 cm³/mol. The first kappa shape index (κ1) is 25.5. The van der Waals surface area contributed by atoms with E-state index >= 15 is 0 Å². The van der Waals surface area contributed by atoms with E-state index in [2.05, 4.69) is 10.3 Å². The zero-order valence-corrected chi connectivity index (χ0v) is 19.8. The summed E-state index contributed by atoms with van der Waals surface area (Å²) in [7, 11) is -1.30. The molecule has 182 valence electrons. The van der Waals surface area contributed by atoms with Crippen molar-refractivity contribution in [2.24, 2.45) is 0 Å². The highest BCUT2D eigenvalue weighted by Gasteiger charge is 2.21. The Labute approximate surface area is 199 Å². The van der Waals surface area contributed by atoms with Crippen molar-refractivity contribution < 1.29 is 29.5 Å². The summed E-state index contributed by atoms with van der Waals surface area (Å²) < 4.78 is 31.1. The van der Waals surface area contributed by atoms with Gasteiger partial charge >= 0.3 is 11.7 Å². The van der Waals surface area contributed by atoms with E-state index in [1.807, 2.05) is 6.07 Å². The second-order valence-corrected chi connectivity index (χ2v) is 8.23. The van der Waals surface area contributed by atoms with Crippen molar-refractivity contribution in [3.8, 4) is 6.07 Å². The fraction of sp³-hybridized carbons (Fsp3) is 0.409. The third kappa shape index (κ3) is 9.37. The molecule has 3 atom stereocenters. The molecule has 0 aliphatic carbocycles. The summed E-state index contributed by atoms with van der Waals surface area (Å²) in [6, 6.07) is 11.7. The Bertz CT molecular complexity index is 1060. The number of amides is 1. The second-order valence-electron chi connectivity index (χ2n) is 6.84. The number of nitriles is 1. The number of ether oxygens (including phenoxy) is 2. The summed E-state index contributed by atoms with van der Waals surface area (Å²) in [6.45, 7) is 2.65. The normalized spacial score (nSPS) is 13.7. The van der Waals surface area contributed by atoms with Crippen molar-refractivity contribution >= 4 is 26.1 Å². The van der Waals surface area contributed by atoms with E-state index < -0.39 is 38.3 Å². The van der Waals surface area contributed by atoms with E-state index in [0.29, 0.717) is 5.56 Å². The summed E-state index contributed by atoms with van der Waals surface area (Å²) in [6.07, 6.45) is -0.327. The molecule has 0 saturated heterocycles. The van der Waals surface area contributed by atoms with Crippen LogP contribution in [0.25, 0.3) is 0 Å². The molecule has 0 fully saturated rings. The van der Waals surface area contributed by atoms with Crippen LogP contribution in [0.15, 0.2) is 47.4 Å². The van der Waals surface area contributed by atoms with Crippen LogP contribution in [-0.4, -0.2) is 54.0 Å². The first-order valence-corrected chi connectivity index (χ1v) is 11.9. The van der Waals surface area contributed by atoms with Crippen molar-refractivity contribution in [1.29, 1.82) is 5.26 Å². The average molecular weight is 491 g/mol. The van der Waals surface area contributed by atoms with Crippen LogP contribution in [0.2, 0.25) is 0 Å². The Hall–Kier alpha value is -3.16. The summed E-state index contributed by atoms with van der Waals surface area (Å²) in [4.78, 5) is 40.1. The van der Waals surface area contributed by atoms with E-state index in [9.17, 15) is 14.4 Å². The maximum Gasteiger partial charge on any atom is 0.351 e. The molecule has 0 aliphatic rings. The van der Waals surface area contributed by atoms with Gasteiger partial charge in [0.2, 0.25) is 5.91 Å². The highest BCUT2D eigenvalue weighted by molar-refractivity contribution is 7.46. The predicted octanol–water partition coefficient (Wildman–Crippen LogP) is 2.85. The molecule has 11 nitrogen and oxygen atoms in total. The molecule has 0 bridgehead atoms. The lowest BCUT2D eigenvalue weighted by molar-refractivity contribution is -0.114. The van der Waals surface area contributed by atoms with E-state index in [4.69, 9.17) is 25.2 Å². The molecular formula is C22H27N4O7P. The number of rotatable bonds is 13. The van der Waals surface area contributed by atoms with Gasteiger partial charge in [-0.05, 0) is 25.1 Å². The highest BCUT2D eigenvalue weighted by atomic mass is 31.2. The minimum Gasteiger partial charge on any atom is -0.457 e. The molecule has 0 spiro atoms. The number of nitrogens with one attached hydrogen (secondary N) is 1. The van der Waals surface area contributed by atoms with Crippen LogP contribution in [-0.2, 0) is 23.3 Å². The van der Waals surface area contributed by atoms with Gasteiger partial charge in [-0.3, -0.25) is 9.36 Å². The molecule has 1 heterocycles. The molecule has 34 heavy (non-hydrogen) atoms. The van der Waals surface area contributed by atoms with Crippen molar-refractivity contribution in [1.82, 2.24) is 9.55 Å². The first-order valence-electron chi connectivity index (χ1n) is 10.9. The van der Waals surface area contributed by atoms with Crippen molar-refractivity contribution in [3.63, 3.8) is 0 Å². The van der Waals surface area contributed by atoms with E-state index in [1.54, 1.807) is 37.0 Å². The average Bonchev–Trinajstić information content (AvgIpc) is 2.84. The zero-order valence-electron chi connectivity index (χ0n) is 19.9. The van der Waals surface area contributed by atoms with Crippen LogP contribution < -0.4 is 11.0 Å². The number of benzene rings is 1. The molecule has 1 aromatic carbocycles. The smallest absolute Gasteiger partial charge is 0.351 e. The third-order valence-electron chi connectivity index (χ3n) is 4.09. The van der Waals surface area contributed by atoms with Gasteiger partial charge in [0.05, 0.1) is 37.4 Å². The third-order valence-corrected chi connectivity index (χ3v) is 5.15. The van der Waals surface area contributed by atoms with Gasteiger partial charge in [0.1, 0.15) is 12.4 Å². The molecule has 1 aromatic heterocycles. The van der Waals surface area contributed by atoms with Crippen molar-refractivity contribution in [2.75, 3.05) is 31.8 Å². The number of hydrogen-bond donors (Lipinski definition) is 1. The fourth-order valence-electron chi connectivity index (χ4n) is 2.58. The van der Waals surface area contributed by atoms with Crippen LogP contribution in [0.4, 0.5) is 5.82 Å². The maximum absolute atomic E-state index is 12.6. The van der Waals surface area contributed by atoms with Gasteiger partial charge < -0.3 is 23.8 Å². The Morgan fingerprint density at radius 2 is 2.03 bits per heavy atom. The lowest BCUT2D eigenvalue weighted by Gasteiger charge is -2.24. The lowest BCUT2D eigenvalue weighted by Crippen LogP contribution is -2.34. The van der Waals surface area contributed by atoms with Crippen molar-refractivity contribution in [3.05, 3.63) is 58.6 Å². The number of nitrogens with zero attached hydrogens (tertiary/aromatic N) is 3. The Morgan fingerprint density at radius 1 is 1.26 bits per heavy atom. The summed E-state index contributed by atoms with van der Waals surface area (Å²) in [5.41, 5.74) is -0.427. The quantitative estimate of drug-likeness (QED) is 0.254. The number of carbonyl (C=O) groups is 2. The van der Waals surface area contributed by atoms with Gasteiger partial charge in [-0.25, -0.2) is 9.59 Å². The number of aromatic nitrogens is 2. The second kappa shape index (κ2) is 14.2. The van der Waals surface area contributed by atoms with E-state index in [0.717, 1.165) is 4.57 Å². The van der Waals surface area contributed by atoms with Crippen LogP contribution in [0.1, 0.15) is 38.2 Å². The lowest BCUT2D eigenvalue weighted by atomic mass is 10.2. The monoisotopic (exact) mass is 491 g/mol. The van der Waals surface area contributed by atoms with Crippen LogP contribution in [0.5, 0.6) is 0 Å². The Kier molecular flexibility index (Phi) is 10.6. The SMILES string of the molecule is [2H]C[C@H](COP(C)OCCC#N)O[C@H](COC(=O)c1ccccc1)n1ccc(NC(C)=O)nc1=O. The first-order chi connectivity index (χ1) is 16.8. The van der Waals surface area contributed by atoms with Gasteiger partial charge in [-0.1, -0.05) is 18.2 Å². The minimum atomic E-state index is -1.30. The molecular weight excluding hydrogens is 463 g/mol. The largest absolute Gasteiger partial charge is 0.457 e. The van der Waals surface area contributed by atoms with Gasteiger partial charge in [0.25, 0.3) is 0 Å². The maximum atomic E-state index is 12.6. The molecule has 0 aliphatic heterocycles. The minimum absolute atomic E-state index is 0.0203. The molecule has 1 unspecified atom stereocenters. The standard InChI is InChI=1S/C22H27N4O7P/c1-16(14-32-34(3)31-13-7-11-23)33-20(15-30-21(28)18-8-5-4-6-9-18)26-12-10-19(24-17(2)27)25-22(26)29/h4-6,8-10,12,16,20H,7,13-15H2,1-3H3,(H,24,25,27,29)/t16-,20-,34?/m1/s1/i1D. The van der Waals surface area contributed by atoms with Gasteiger partial charge in [-0.2, -0.15) is 10.2 Å². The number of esters is 1. The number of anilines is 1. The molecule has 0 saturated carbocycles. The number of carbonyl (C=O) groups excluding carboxylic acids is 2. The summed E-state index contributed by atoms with van der Waals surface area (Å²) >= 11 is 0. The molecule has 1 amide bonds. The fourth-order valence-corrected chi connectivity index (χ4v) is 3.38. The van der Waals surface area contributed by atoms with Crippen LogP contribution >= 0.6 is 8.38 Å². The highest BCUT2D eigenvalue weighted by Crippen LogP contribution is 2.33. The molecule has 12 heteroatoms. The summed E-state index contributed by atoms with van der Waals surface area (Å²) in [5, 5.41) is 11.0. The van der Waals surface area contributed by atoms with Crippen molar-refractivity contribution in [2.45, 2.75) is 32.6 Å².